The number of rotatable bonds is 6. The van der Waals surface area contributed by atoms with Crippen LogP contribution in [-0.4, -0.2) is 86.7 Å². The van der Waals surface area contributed by atoms with Crippen LogP contribution < -0.4 is 5.32 Å². The van der Waals surface area contributed by atoms with Gasteiger partial charge in [-0.05, 0) is 39.9 Å². The minimum Gasteiger partial charge on any atom is -0.312 e. The summed E-state index contributed by atoms with van der Waals surface area (Å²) in [4.78, 5) is 7.63. The van der Waals surface area contributed by atoms with Gasteiger partial charge in [0.05, 0.1) is 0 Å². The van der Waals surface area contributed by atoms with E-state index in [1.807, 2.05) is 0 Å². The van der Waals surface area contributed by atoms with Crippen molar-refractivity contribution >= 4 is 0 Å². The van der Waals surface area contributed by atoms with Crippen molar-refractivity contribution in [1.29, 1.82) is 0 Å². The molecule has 4 nitrogen and oxygen atoms in total. The van der Waals surface area contributed by atoms with Crippen molar-refractivity contribution < 1.29 is 0 Å². The van der Waals surface area contributed by atoms with E-state index >= 15 is 0 Å². The molecule has 0 aliphatic carbocycles. The molecule has 4 heteroatoms. The third-order valence-corrected chi connectivity index (χ3v) is 4.50. The molecule has 2 aliphatic heterocycles. The molecule has 2 fully saturated rings. The first-order chi connectivity index (χ1) is 9.24. The second-order valence-corrected chi connectivity index (χ2v) is 6.36. The van der Waals surface area contributed by atoms with Crippen molar-refractivity contribution in [2.45, 2.75) is 32.2 Å². The molecular weight excluding hydrogens is 236 g/mol. The predicted octanol–water partition coefficient (Wildman–Crippen LogP) is 0.698. The van der Waals surface area contributed by atoms with Gasteiger partial charge in [-0.1, -0.05) is 6.42 Å². The second-order valence-electron chi connectivity index (χ2n) is 6.36. The second kappa shape index (κ2) is 8.20. The Kier molecular flexibility index (Phi) is 6.57. The van der Waals surface area contributed by atoms with Crippen LogP contribution in [0.1, 0.15) is 26.2 Å². The monoisotopic (exact) mass is 268 g/mol. The quantitative estimate of drug-likeness (QED) is 0.765. The molecule has 0 aromatic rings. The Balaban J connectivity index is 1.52. The number of nitrogens with one attached hydrogen (secondary N) is 1. The lowest BCUT2D eigenvalue weighted by atomic mass is 10.1. The molecule has 2 heterocycles. The van der Waals surface area contributed by atoms with Crippen LogP contribution in [-0.2, 0) is 0 Å². The zero-order valence-corrected chi connectivity index (χ0v) is 12.9. The summed E-state index contributed by atoms with van der Waals surface area (Å²) in [6.07, 6.45) is 4.23. The Bertz CT molecular complexity index is 232. The summed E-state index contributed by atoms with van der Waals surface area (Å²) in [5.74, 6) is 0. The highest BCUT2D eigenvalue weighted by Gasteiger charge is 2.15. The number of likely N-dealkylation sites (tertiary alicyclic amines) is 1. The standard InChI is InChI=1S/C15H32N4/c1-15(14-19-7-4-3-5-8-19)16-6-9-18-12-10-17(2)11-13-18/h15-16H,3-14H2,1-2H3. The van der Waals surface area contributed by atoms with Crippen molar-refractivity contribution in [3.8, 4) is 0 Å². The topological polar surface area (TPSA) is 21.8 Å². The molecule has 1 atom stereocenters. The van der Waals surface area contributed by atoms with Crippen LogP contribution in [0.25, 0.3) is 0 Å². The van der Waals surface area contributed by atoms with E-state index < -0.39 is 0 Å². The molecule has 0 amide bonds. The third kappa shape index (κ3) is 5.78. The van der Waals surface area contributed by atoms with Crippen LogP contribution in [0.5, 0.6) is 0 Å². The Labute approximate surface area is 119 Å². The lowest BCUT2D eigenvalue weighted by molar-refractivity contribution is 0.151. The Hall–Kier alpha value is -0.160. The van der Waals surface area contributed by atoms with Gasteiger partial charge in [0.15, 0.2) is 0 Å². The first-order valence-electron chi connectivity index (χ1n) is 8.10. The van der Waals surface area contributed by atoms with Gasteiger partial charge in [0.2, 0.25) is 0 Å². The molecule has 0 aromatic heterocycles. The van der Waals surface area contributed by atoms with E-state index in [9.17, 15) is 0 Å². The van der Waals surface area contributed by atoms with Gasteiger partial charge in [0.25, 0.3) is 0 Å². The smallest absolute Gasteiger partial charge is 0.0167 e. The molecule has 1 N–H and O–H groups in total. The molecule has 112 valence electrons. The number of hydrogen-bond acceptors (Lipinski definition) is 4. The van der Waals surface area contributed by atoms with Gasteiger partial charge in [-0.3, -0.25) is 4.90 Å². The highest BCUT2D eigenvalue weighted by atomic mass is 15.3. The van der Waals surface area contributed by atoms with Crippen LogP contribution in [0, 0.1) is 0 Å². The Morgan fingerprint density at radius 3 is 2.26 bits per heavy atom. The molecule has 0 spiro atoms. The Morgan fingerprint density at radius 2 is 1.58 bits per heavy atom. The van der Waals surface area contributed by atoms with Gasteiger partial charge in [0, 0.05) is 51.9 Å². The van der Waals surface area contributed by atoms with Crippen LogP contribution in [0.2, 0.25) is 0 Å². The van der Waals surface area contributed by atoms with Gasteiger partial charge in [-0.2, -0.15) is 0 Å². The number of piperidine rings is 1. The number of likely N-dealkylation sites (N-methyl/N-ethyl adjacent to an activating group) is 1. The summed E-state index contributed by atoms with van der Waals surface area (Å²) >= 11 is 0. The molecule has 1 unspecified atom stereocenters. The van der Waals surface area contributed by atoms with E-state index in [4.69, 9.17) is 0 Å². The van der Waals surface area contributed by atoms with Crippen LogP contribution in [0.15, 0.2) is 0 Å². The average Bonchev–Trinajstić information content (AvgIpc) is 2.42. The van der Waals surface area contributed by atoms with Gasteiger partial charge >= 0.3 is 0 Å². The molecule has 0 saturated carbocycles. The highest BCUT2D eigenvalue weighted by molar-refractivity contribution is 4.73. The maximum absolute atomic E-state index is 3.69. The number of nitrogens with zero attached hydrogens (tertiary/aromatic N) is 3. The molecule has 0 radical (unpaired) electrons. The van der Waals surface area contributed by atoms with Crippen molar-refractivity contribution in [1.82, 2.24) is 20.0 Å². The van der Waals surface area contributed by atoms with E-state index in [0.29, 0.717) is 6.04 Å². The summed E-state index contributed by atoms with van der Waals surface area (Å²) in [7, 11) is 2.22. The van der Waals surface area contributed by atoms with Gasteiger partial charge < -0.3 is 15.1 Å². The minimum atomic E-state index is 0.630. The van der Waals surface area contributed by atoms with Crippen molar-refractivity contribution in [2.24, 2.45) is 0 Å². The lowest BCUT2D eigenvalue weighted by Gasteiger charge is -2.33. The van der Waals surface area contributed by atoms with E-state index in [0.717, 1.165) is 6.54 Å². The maximum Gasteiger partial charge on any atom is 0.0167 e. The largest absolute Gasteiger partial charge is 0.312 e. The van der Waals surface area contributed by atoms with E-state index in [-0.39, 0.29) is 0 Å². The molecule has 2 rings (SSSR count). The molecule has 2 aliphatic rings. The summed E-state index contributed by atoms with van der Waals surface area (Å²) in [5, 5.41) is 3.69. The summed E-state index contributed by atoms with van der Waals surface area (Å²) < 4.78 is 0. The summed E-state index contributed by atoms with van der Waals surface area (Å²) in [6, 6.07) is 0.630. The van der Waals surface area contributed by atoms with Crippen molar-refractivity contribution in [2.75, 3.05) is 66.0 Å². The fourth-order valence-electron chi connectivity index (χ4n) is 3.13. The van der Waals surface area contributed by atoms with E-state index in [1.165, 1.54) is 71.6 Å². The number of hydrogen-bond donors (Lipinski definition) is 1. The Morgan fingerprint density at radius 1 is 0.895 bits per heavy atom. The lowest BCUT2D eigenvalue weighted by Crippen LogP contribution is -2.48. The van der Waals surface area contributed by atoms with E-state index in [1.54, 1.807) is 0 Å². The summed E-state index contributed by atoms with van der Waals surface area (Å²) in [5.41, 5.74) is 0. The van der Waals surface area contributed by atoms with Crippen molar-refractivity contribution in [3.63, 3.8) is 0 Å². The highest BCUT2D eigenvalue weighted by Crippen LogP contribution is 2.08. The van der Waals surface area contributed by atoms with Gasteiger partial charge in [0.1, 0.15) is 0 Å². The summed E-state index contributed by atoms with van der Waals surface area (Å²) in [6.45, 7) is 13.4. The minimum absolute atomic E-state index is 0.630. The maximum atomic E-state index is 3.69. The third-order valence-electron chi connectivity index (χ3n) is 4.50. The van der Waals surface area contributed by atoms with E-state index in [2.05, 4.69) is 34.0 Å². The fourth-order valence-corrected chi connectivity index (χ4v) is 3.13. The molecule has 0 bridgehead atoms. The van der Waals surface area contributed by atoms with Crippen LogP contribution in [0.3, 0.4) is 0 Å². The molecule has 0 aromatic carbocycles. The van der Waals surface area contributed by atoms with Gasteiger partial charge in [-0.25, -0.2) is 0 Å². The van der Waals surface area contributed by atoms with Gasteiger partial charge in [-0.15, -0.1) is 0 Å². The predicted molar refractivity (Wildman–Crippen MR) is 81.7 cm³/mol. The van der Waals surface area contributed by atoms with Crippen LogP contribution in [0.4, 0.5) is 0 Å². The molecular formula is C15H32N4. The molecule has 19 heavy (non-hydrogen) atoms. The zero-order valence-electron chi connectivity index (χ0n) is 12.9. The normalized spacial score (nSPS) is 25.6. The first kappa shape index (κ1) is 15.2. The average molecular weight is 268 g/mol. The molecule has 2 saturated heterocycles. The number of piperazine rings is 1. The van der Waals surface area contributed by atoms with Crippen molar-refractivity contribution in [3.05, 3.63) is 0 Å². The fraction of sp³-hybridized carbons (Fsp3) is 1.00. The zero-order chi connectivity index (χ0) is 13.5. The SMILES string of the molecule is CC(CN1CCCCC1)NCCN1CCN(C)CC1. The van der Waals surface area contributed by atoms with Crippen LogP contribution >= 0.6 is 0 Å². The first-order valence-corrected chi connectivity index (χ1v) is 8.10.